The van der Waals surface area contributed by atoms with E-state index in [1.165, 1.54) is 18.5 Å². The number of rotatable bonds is 3. The summed E-state index contributed by atoms with van der Waals surface area (Å²) < 4.78 is 10.2. The summed E-state index contributed by atoms with van der Waals surface area (Å²) in [7, 11) is 0. The van der Waals surface area contributed by atoms with Crippen molar-refractivity contribution < 1.29 is 9.53 Å². The number of Topliss-reactive ketones (excluding diaryl/α,β-unsaturated/α-hetero) is 1. The van der Waals surface area contributed by atoms with Crippen molar-refractivity contribution in [3.05, 3.63) is 48.0 Å². The fraction of sp³-hybridized carbons (Fsp3) is 0.0667. The number of nitrogens with zero attached hydrogens (tertiary/aromatic N) is 1. The van der Waals surface area contributed by atoms with Gasteiger partial charge in [-0.2, -0.15) is 4.37 Å². The Labute approximate surface area is 120 Å². The Balaban J connectivity index is 2.05. The van der Waals surface area contributed by atoms with E-state index in [9.17, 15) is 4.79 Å². The molecule has 1 aromatic heterocycles. The molecule has 0 atom stereocenters. The highest BCUT2D eigenvalue weighted by Gasteiger charge is 2.13. The number of fused-ring (bicyclic) bond motifs is 1. The molecule has 0 bridgehead atoms. The molecule has 0 aliphatic heterocycles. The van der Waals surface area contributed by atoms with Gasteiger partial charge in [0.15, 0.2) is 5.78 Å². The van der Waals surface area contributed by atoms with Crippen molar-refractivity contribution in [3.63, 3.8) is 0 Å². The molecule has 0 unspecified atom stereocenters. The second kappa shape index (κ2) is 4.94. The molecule has 0 aliphatic carbocycles. The van der Waals surface area contributed by atoms with Crippen LogP contribution in [0.3, 0.4) is 0 Å². The van der Waals surface area contributed by atoms with Crippen LogP contribution in [0.1, 0.15) is 17.3 Å². The Bertz CT molecular complexity index is 795. The van der Waals surface area contributed by atoms with Gasteiger partial charge in [0.1, 0.15) is 5.75 Å². The number of nitrogen functional groups attached to an aromatic ring is 1. The number of carbonyl (C=O) groups excluding carboxylic acids is 1. The third kappa shape index (κ3) is 2.23. The minimum absolute atomic E-state index is 0.0823. The van der Waals surface area contributed by atoms with Gasteiger partial charge in [-0.25, -0.2) is 0 Å². The monoisotopic (exact) mass is 284 g/mol. The fourth-order valence-electron chi connectivity index (χ4n) is 1.95. The number of ketones is 1. The van der Waals surface area contributed by atoms with Crippen LogP contribution in [0.25, 0.3) is 10.9 Å². The summed E-state index contributed by atoms with van der Waals surface area (Å²) in [4.78, 5) is 11.7. The molecule has 5 heteroatoms. The quantitative estimate of drug-likeness (QED) is 0.585. The average molecular weight is 284 g/mol. The summed E-state index contributed by atoms with van der Waals surface area (Å²) in [6, 6.07) is 12.8. The van der Waals surface area contributed by atoms with Crippen LogP contribution in [0.2, 0.25) is 0 Å². The molecular formula is C15H12N2O2S. The predicted molar refractivity (Wildman–Crippen MR) is 80.6 cm³/mol. The highest BCUT2D eigenvalue weighted by molar-refractivity contribution is 7.09. The lowest BCUT2D eigenvalue weighted by Crippen LogP contribution is -1.98. The number of aromatic nitrogens is 1. The molecule has 0 spiro atoms. The Kier molecular flexibility index (Phi) is 3.12. The Morgan fingerprint density at radius 1 is 1.25 bits per heavy atom. The van der Waals surface area contributed by atoms with E-state index in [0.29, 0.717) is 22.1 Å². The lowest BCUT2D eigenvalue weighted by Gasteiger charge is -2.08. The fourth-order valence-corrected chi connectivity index (χ4v) is 2.69. The maximum atomic E-state index is 11.7. The lowest BCUT2D eigenvalue weighted by atomic mass is 10.1. The zero-order chi connectivity index (χ0) is 14.1. The molecule has 0 aliphatic rings. The van der Waals surface area contributed by atoms with Crippen LogP contribution in [-0.4, -0.2) is 10.2 Å². The van der Waals surface area contributed by atoms with Crippen LogP contribution in [-0.2, 0) is 0 Å². The summed E-state index contributed by atoms with van der Waals surface area (Å²) in [6.07, 6.45) is 0. The Hall–Kier alpha value is -2.40. The van der Waals surface area contributed by atoms with Gasteiger partial charge >= 0.3 is 0 Å². The van der Waals surface area contributed by atoms with Crippen molar-refractivity contribution in [1.29, 1.82) is 0 Å². The number of ether oxygens (including phenoxy) is 1. The van der Waals surface area contributed by atoms with E-state index in [2.05, 4.69) is 4.37 Å². The number of anilines is 1. The highest BCUT2D eigenvalue weighted by atomic mass is 32.1. The third-order valence-corrected chi connectivity index (χ3v) is 3.69. The summed E-state index contributed by atoms with van der Waals surface area (Å²) in [5.74, 6) is 0.419. The molecule has 20 heavy (non-hydrogen) atoms. The first-order chi connectivity index (χ1) is 9.65. The molecule has 0 saturated carbocycles. The first-order valence-electron chi connectivity index (χ1n) is 6.08. The van der Waals surface area contributed by atoms with Gasteiger partial charge in [-0.15, -0.1) is 0 Å². The van der Waals surface area contributed by atoms with Crippen LogP contribution >= 0.6 is 11.5 Å². The zero-order valence-electron chi connectivity index (χ0n) is 10.8. The Morgan fingerprint density at radius 2 is 2.05 bits per heavy atom. The van der Waals surface area contributed by atoms with E-state index in [0.717, 1.165) is 10.9 Å². The van der Waals surface area contributed by atoms with E-state index in [1.54, 1.807) is 18.2 Å². The number of hydrogen-bond acceptors (Lipinski definition) is 5. The molecule has 0 amide bonds. The van der Waals surface area contributed by atoms with E-state index >= 15 is 0 Å². The maximum absolute atomic E-state index is 11.7. The smallest absolute Gasteiger partial charge is 0.207 e. The molecule has 2 aromatic carbocycles. The van der Waals surface area contributed by atoms with Crippen molar-refractivity contribution in [2.45, 2.75) is 6.92 Å². The zero-order valence-corrected chi connectivity index (χ0v) is 11.6. The highest BCUT2D eigenvalue weighted by Crippen LogP contribution is 2.35. The maximum Gasteiger partial charge on any atom is 0.207 e. The van der Waals surface area contributed by atoms with E-state index in [1.807, 2.05) is 24.3 Å². The van der Waals surface area contributed by atoms with Crippen LogP contribution < -0.4 is 10.5 Å². The Morgan fingerprint density at radius 3 is 2.85 bits per heavy atom. The molecule has 4 nitrogen and oxygen atoms in total. The third-order valence-electron chi connectivity index (χ3n) is 2.94. The van der Waals surface area contributed by atoms with E-state index in [-0.39, 0.29) is 5.78 Å². The van der Waals surface area contributed by atoms with Gasteiger partial charge in [-0.3, -0.25) is 4.79 Å². The van der Waals surface area contributed by atoms with E-state index < -0.39 is 0 Å². The molecule has 0 fully saturated rings. The second-order valence-electron chi connectivity index (χ2n) is 4.40. The molecule has 0 radical (unpaired) electrons. The largest absolute Gasteiger partial charge is 0.444 e. The van der Waals surface area contributed by atoms with Gasteiger partial charge in [0, 0.05) is 17.2 Å². The average Bonchev–Trinajstić information content (AvgIpc) is 2.84. The summed E-state index contributed by atoms with van der Waals surface area (Å²) in [5.41, 5.74) is 7.61. The van der Waals surface area contributed by atoms with Crippen molar-refractivity contribution in [2.24, 2.45) is 0 Å². The van der Waals surface area contributed by atoms with Crippen LogP contribution in [0, 0.1) is 0 Å². The van der Waals surface area contributed by atoms with Crippen molar-refractivity contribution in [2.75, 3.05) is 5.73 Å². The summed E-state index contributed by atoms with van der Waals surface area (Å²) in [5, 5.41) is 1.61. The van der Waals surface area contributed by atoms with Crippen LogP contribution in [0.15, 0.2) is 42.5 Å². The minimum atomic E-state index is -0.0823. The van der Waals surface area contributed by atoms with Crippen LogP contribution in [0.4, 0.5) is 5.69 Å². The number of hydrogen-bond donors (Lipinski definition) is 1. The molecule has 2 N–H and O–H groups in total. The standard InChI is InChI=1S/C15H12N2O2S/c1-9(18)12-8-10(16)6-7-14(12)19-15-11-4-2-3-5-13(11)17-20-15/h2-8H,16H2,1H3. The van der Waals surface area contributed by atoms with Gasteiger partial charge in [0.2, 0.25) is 5.06 Å². The van der Waals surface area contributed by atoms with Crippen molar-refractivity contribution in [1.82, 2.24) is 4.37 Å². The predicted octanol–water partition coefficient (Wildman–Crippen LogP) is 3.87. The van der Waals surface area contributed by atoms with Crippen molar-refractivity contribution in [3.8, 4) is 10.8 Å². The number of nitrogens with two attached hydrogens (primary N) is 1. The molecule has 3 rings (SSSR count). The molecule has 1 heterocycles. The first kappa shape index (κ1) is 12.6. The van der Waals surface area contributed by atoms with Gasteiger partial charge in [-0.05, 0) is 37.3 Å². The SMILES string of the molecule is CC(=O)c1cc(N)ccc1Oc1snc2ccccc12. The van der Waals surface area contributed by atoms with Gasteiger partial charge in [-0.1, -0.05) is 12.1 Å². The summed E-state index contributed by atoms with van der Waals surface area (Å²) >= 11 is 1.27. The molecule has 0 saturated heterocycles. The van der Waals surface area contributed by atoms with Gasteiger partial charge in [0.25, 0.3) is 0 Å². The minimum Gasteiger partial charge on any atom is -0.444 e. The van der Waals surface area contributed by atoms with Gasteiger partial charge in [0.05, 0.1) is 16.5 Å². The number of carbonyl (C=O) groups is 1. The first-order valence-corrected chi connectivity index (χ1v) is 6.85. The van der Waals surface area contributed by atoms with Gasteiger partial charge < -0.3 is 10.5 Å². The lowest BCUT2D eigenvalue weighted by molar-refractivity contribution is 0.101. The topological polar surface area (TPSA) is 65.2 Å². The number of benzene rings is 2. The molecular weight excluding hydrogens is 272 g/mol. The summed E-state index contributed by atoms with van der Waals surface area (Å²) in [6.45, 7) is 1.49. The van der Waals surface area contributed by atoms with Crippen LogP contribution in [0.5, 0.6) is 10.8 Å². The normalized spacial score (nSPS) is 10.7. The van der Waals surface area contributed by atoms with Crippen molar-refractivity contribution >= 4 is 33.9 Å². The van der Waals surface area contributed by atoms with E-state index in [4.69, 9.17) is 10.5 Å². The second-order valence-corrected chi connectivity index (χ2v) is 5.14. The molecule has 3 aromatic rings. The molecule has 100 valence electrons.